The molecule has 0 radical (unpaired) electrons. The predicted octanol–water partition coefficient (Wildman–Crippen LogP) is 2.75. The molecule has 0 aromatic carbocycles. The summed E-state index contributed by atoms with van der Waals surface area (Å²) in [5.41, 5.74) is -0.394. The Morgan fingerprint density at radius 2 is 1.88 bits per heavy atom. The van der Waals surface area contributed by atoms with Crippen LogP contribution in [0.4, 0.5) is 10.1 Å². The van der Waals surface area contributed by atoms with E-state index in [1.54, 1.807) is 0 Å². The van der Waals surface area contributed by atoms with Crippen LogP contribution in [-0.4, -0.2) is 28.4 Å². The number of thiazole rings is 1. The van der Waals surface area contributed by atoms with Crippen LogP contribution in [0.2, 0.25) is 0 Å². The molecule has 1 aromatic heterocycles. The van der Waals surface area contributed by atoms with Gasteiger partial charge in [0.2, 0.25) is 0 Å². The molecule has 1 N–H and O–H groups in total. The predicted molar refractivity (Wildman–Crippen MR) is 89.0 cm³/mol. The lowest BCUT2D eigenvalue weighted by atomic mass is 9.49. The van der Waals surface area contributed by atoms with Crippen LogP contribution in [0.1, 0.15) is 38.5 Å². The van der Waals surface area contributed by atoms with Gasteiger partial charge >= 0.3 is 11.0 Å². The van der Waals surface area contributed by atoms with Gasteiger partial charge in [0, 0.05) is 0 Å². The Morgan fingerprint density at radius 1 is 1.28 bits per heavy atom. The van der Waals surface area contributed by atoms with Gasteiger partial charge in [0.05, 0.1) is 10.3 Å². The molecule has 4 bridgehead atoms. The molecule has 1 heterocycles. The van der Waals surface area contributed by atoms with Crippen LogP contribution in [0, 0.1) is 33.3 Å². The van der Waals surface area contributed by atoms with E-state index in [1.165, 1.54) is 19.3 Å². The van der Waals surface area contributed by atoms with Crippen molar-refractivity contribution in [1.82, 2.24) is 4.98 Å². The number of hydrogen-bond acceptors (Lipinski definition) is 7. The highest BCUT2D eigenvalue weighted by atomic mass is 32.1. The Labute approximate surface area is 148 Å². The largest absolute Gasteiger partial charge is 0.455 e. The van der Waals surface area contributed by atoms with E-state index in [2.05, 4.69) is 10.3 Å². The quantitative estimate of drug-likeness (QED) is 0.488. The van der Waals surface area contributed by atoms with Crippen molar-refractivity contribution in [2.45, 2.75) is 38.5 Å². The molecule has 1 amide bonds. The summed E-state index contributed by atoms with van der Waals surface area (Å²) in [5.74, 6) is 1.10. The van der Waals surface area contributed by atoms with Crippen molar-refractivity contribution >= 4 is 33.3 Å². The fraction of sp³-hybridized carbons (Fsp3) is 0.688. The van der Waals surface area contributed by atoms with Crippen LogP contribution in [0.5, 0.6) is 0 Å². The molecule has 25 heavy (non-hydrogen) atoms. The number of nitrogens with one attached hydrogen (secondary N) is 1. The molecule has 0 unspecified atom stereocenters. The third-order valence-corrected chi connectivity index (χ3v) is 6.59. The number of ether oxygens (including phenoxy) is 1. The Kier molecular flexibility index (Phi) is 3.98. The van der Waals surface area contributed by atoms with Crippen molar-refractivity contribution in [1.29, 1.82) is 0 Å². The van der Waals surface area contributed by atoms with Gasteiger partial charge in [-0.05, 0) is 67.6 Å². The molecular formula is C16H19N3O5S. The summed E-state index contributed by atoms with van der Waals surface area (Å²) in [6.45, 7) is -0.381. The van der Waals surface area contributed by atoms with Gasteiger partial charge in [-0.1, -0.05) is 0 Å². The zero-order valence-electron chi connectivity index (χ0n) is 13.6. The molecule has 0 aliphatic heterocycles. The smallest absolute Gasteiger partial charge is 0.345 e. The van der Waals surface area contributed by atoms with Crippen LogP contribution < -0.4 is 5.32 Å². The second kappa shape index (κ2) is 6.05. The van der Waals surface area contributed by atoms with Gasteiger partial charge in [-0.2, -0.15) is 0 Å². The fourth-order valence-electron chi connectivity index (χ4n) is 5.21. The molecule has 1 aromatic rings. The second-order valence-electron chi connectivity index (χ2n) is 7.58. The molecule has 8 nitrogen and oxygen atoms in total. The summed E-state index contributed by atoms with van der Waals surface area (Å²) < 4.78 is 5.31. The molecule has 9 heteroatoms. The molecule has 0 saturated heterocycles. The van der Waals surface area contributed by atoms with Crippen LogP contribution in [0.25, 0.3) is 0 Å². The van der Waals surface area contributed by atoms with Crippen molar-refractivity contribution in [2.24, 2.45) is 23.2 Å². The molecule has 0 spiro atoms. The lowest BCUT2D eigenvalue weighted by Crippen LogP contribution is -2.50. The summed E-state index contributed by atoms with van der Waals surface area (Å²) in [6.07, 6.45) is 7.44. The highest BCUT2D eigenvalue weighted by Gasteiger charge is 2.55. The molecule has 4 saturated carbocycles. The number of rotatable bonds is 5. The maximum atomic E-state index is 12.6. The molecule has 0 atom stereocenters. The van der Waals surface area contributed by atoms with Gasteiger partial charge in [-0.15, -0.1) is 0 Å². The van der Waals surface area contributed by atoms with Crippen LogP contribution in [0.3, 0.4) is 0 Å². The number of esters is 1. The Balaban J connectivity index is 1.32. The Bertz CT molecular complexity index is 696. The van der Waals surface area contributed by atoms with Gasteiger partial charge in [-0.3, -0.25) is 25.0 Å². The van der Waals surface area contributed by atoms with Crippen LogP contribution >= 0.6 is 11.3 Å². The van der Waals surface area contributed by atoms with E-state index in [0.717, 1.165) is 36.8 Å². The van der Waals surface area contributed by atoms with E-state index in [4.69, 9.17) is 4.74 Å². The number of carbonyl (C=O) groups is 2. The standard InChI is InChI=1S/C16H19N3O5S/c20-12(18-15-17-7-13(25-15)19(22)23)8-24-14(21)16-4-9-1-10(5-16)3-11(2-9)6-16/h7,9-11H,1-6,8H2,(H,17,18,20). The van der Waals surface area contributed by atoms with Gasteiger partial charge < -0.3 is 4.74 Å². The summed E-state index contributed by atoms with van der Waals surface area (Å²) in [6, 6.07) is 0. The molecule has 4 aliphatic rings. The lowest BCUT2D eigenvalue weighted by molar-refractivity contribution is -0.380. The fourth-order valence-corrected chi connectivity index (χ4v) is 5.86. The average molecular weight is 365 g/mol. The van der Waals surface area contributed by atoms with E-state index in [1.807, 2.05) is 0 Å². The van der Waals surface area contributed by atoms with Crippen molar-refractivity contribution in [2.75, 3.05) is 11.9 Å². The first-order chi connectivity index (χ1) is 11.9. The highest BCUT2D eigenvalue weighted by Crippen LogP contribution is 2.60. The number of hydrogen-bond donors (Lipinski definition) is 1. The van der Waals surface area contributed by atoms with E-state index in [9.17, 15) is 19.7 Å². The number of anilines is 1. The number of amides is 1. The summed E-state index contributed by atoms with van der Waals surface area (Å²) in [4.78, 5) is 38.4. The maximum Gasteiger partial charge on any atom is 0.345 e. The topological polar surface area (TPSA) is 111 Å². The van der Waals surface area contributed by atoms with Crippen molar-refractivity contribution < 1.29 is 19.2 Å². The SMILES string of the molecule is O=C(COC(=O)C12CC3CC(CC(C3)C1)C2)Nc1ncc([N+](=O)[O-])s1. The maximum absolute atomic E-state index is 12.6. The molecule has 134 valence electrons. The van der Waals surface area contributed by atoms with Gasteiger partial charge in [0.1, 0.15) is 6.20 Å². The summed E-state index contributed by atoms with van der Waals surface area (Å²) in [7, 11) is 0. The van der Waals surface area contributed by atoms with E-state index in [-0.39, 0.29) is 22.7 Å². The van der Waals surface area contributed by atoms with Crippen molar-refractivity contribution in [3.05, 3.63) is 16.3 Å². The molecule has 5 rings (SSSR count). The molecular weight excluding hydrogens is 346 g/mol. The van der Waals surface area contributed by atoms with E-state index in [0.29, 0.717) is 17.8 Å². The Hall–Kier alpha value is -2.03. The van der Waals surface area contributed by atoms with Crippen LogP contribution in [-0.2, 0) is 14.3 Å². The third kappa shape index (κ3) is 3.12. The molecule has 4 fully saturated rings. The van der Waals surface area contributed by atoms with Gasteiger partial charge in [0.15, 0.2) is 11.7 Å². The number of carbonyl (C=O) groups excluding carboxylic acids is 2. The summed E-state index contributed by atoms with van der Waals surface area (Å²) >= 11 is 0.768. The van der Waals surface area contributed by atoms with Crippen molar-refractivity contribution in [3.63, 3.8) is 0 Å². The van der Waals surface area contributed by atoms with Crippen molar-refractivity contribution in [3.8, 4) is 0 Å². The Morgan fingerprint density at radius 3 is 2.40 bits per heavy atom. The number of nitro groups is 1. The normalized spacial score (nSPS) is 32.4. The highest BCUT2D eigenvalue weighted by molar-refractivity contribution is 7.18. The van der Waals surface area contributed by atoms with Gasteiger partial charge in [-0.25, -0.2) is 4.98 Å². The first kappa shape index (κ1) is 16.4. The summed E-state index contributed by atoms with van der Waals surface area (Å²) in [5, 5.41) is 13.0. The zero-order valence-corrected chi connectivity index (χ0v) is 14.4. The lowest BCUT2D eigenvalue weighted by Gasteiger charge is -2.55. The minimum atomic E-state index is -0.569. The first-order valence-corrected chi connectivity index (χ1v) is 9.32. The minimum Gasteiger partial charge on any atom is -0.455 e. The average Bonchev–Trinajstić information content (AvgIpc) is 3.00. The van der Waals surface area contributed by atoms with E-state index < -0.39 is 16.2 Å². The third-order valence-electron chi connectivity index (χ3n) is 5.73. The minimum absolute atomic E-state index is 0.127. The number of aromatic nitrogens is 1. The monoisotopic (exact) mass is 365 g/mol. The first-order valence-electron chi connectivity index (χ1n) is 8.51. The van der Waals surface area contributed by atoms with E-state index >= 15 is 0 Å². The second-order valence-corrected chi connectivity index (χ2v) is 8.59. The number of nitrogens with zero attached hydrogens (tertiary/aromatic N) is 2. The molecule has 4 aliphatic carbocycles. The van der Waals surface area contributed by atoms with Crippen LogP contribution in [0.15, 0.2) is 6.20 Å². The van der Waals surface area contributed by atoms with Gasteiger partial charge in [0.25, 0.3) is 5.91 Å². The zero-order chi connectivity index (χ0) is 17.6.